The quantitative estimate of drug-likeness (QED) is 0.398. The number of hydrogen-bond acceptors (Lipinski definition) is 5. The molecule has 0 bridgehead atoms. The Bertz CT molecular complexity index is 275. The fourth-order valence-electron chi connectivity index (χ4n) is 1.56. The second-order valence-corrected chi connectivity index (χ2v) is 3.57. The van der Waals surface area contributed by atoms with Gasteiger partial charge in [0.2, 0.25) is 0 Å². The highest BCUT2D eigenvalue weighted by Crippen LogP contribution is 2.31. The van der Waals surface area contributed by atoms with Crippen molar-refractivity contribution in [3.05, 3.63) is 0 Å². The molecule has 0 spiro atoms. The van der Waals surface area contributed by atoms with E-state index in [1.807, 2.05) is 0 Å². The molecule has 0 amide bonds. The molecule has 0 aromatic heterocycles. The van der Waals surface area contributed by atoms with Crippen molar-refractivity contribution in [1.29, 1.82) is 0 Å². The Hall–Kier alpha value is -0.980. The number of carbonyl (C=O) groups excluding carboxylic acids is 1. The van der Waals surface area contributed by atoms with Crippen LogP contribution in [0.2, 0.25) is 0 Å². The molecule has 1 aliphatic carbocycles. The lowest BCUT2D eigenvalue weighted by Crippen LogP contribution is -2.59. The Balaban J connectivity index is 3.02. The number of carboxylic acids is 1. The van der Waals surface area contributed by atoms with Crippen molar-refractivity contribution in [1.82, 2.24) is 0 Å². The summed E-state index contributed by atoms with van der Waals surface area (Å²) in [7, 11) is 0. The lowest BCUT2D eigenvalue weighted by atomic mass is 9.73. The first-order valence-electron chi connectivity index (χ1n) is 4.16. The van der Waals surface area contributed by atoms with Gasteiger partial charge in [0, 0.05) is 6.42 Å². The first-order chi connectivity index (χ1) is 6.30. The molecular weight excluding hydrogens is 192 g/mol. The van der Waals surface area contributed by atoms with Crippen LogP contribution in [0.5, 0.6) is 0 Å². The van der Waals surface area contributed by atoms with Gasteiger partial charge in [0.05, 0.1) is 12.0 Å². The van der Waals surface area contributed by atoms with Crippen molar-refractivity contribution < 1.29 is 30.0 Å². The van der Waals surface area contributed by atoms with E-state index in [0.29, 0.717) is 0 Å². The summed E-state index contributed by atoms with van der Waals surface area (Å²) >= 11 is 0. The molecule has 80 valence electrons. The Labute approximate surface area is 79.8 Å². The van der Waals surface area contributed by atoms with Gasteiger partial charge >= 0.3 is 5.97 Å². The predicted molar refractivity (Wildman–Crippen MR) is 43.4 cm³/mol. The molecule has 0 saturated heterocycles. The second-order valence-electron chi connectivity index (χ2n) is 3.57. The Morgan fingerprint density at radius 2 is 2.00 bits per heavy atom. The number of hydrogen-bond donors (Lipinski definition) is 4. The van der Waals surface area contributed by atoms with Crippen LogP contribution in [-0.4, -0.2) is 50.0 Å². The van der Waals surface area contributed by atoms with Gasteiger partial charge in [0.1, 0.15) is 6.10 Å². The third-order valence-electron chi connectivity index (χ3n) is 2.69. The van der Waals surface area contributed by atoms with E-state index in [1.54, 1.807) is 0 Å². The van der Waals surface area contributed by atoms with E-state index < -0.39 is 41.9 Å². The molecule has 4 N–H and O–H groups in total. The van der Waals surface area contributed by atoms with E-state index >= 15 is 0 Å². The Morgan fingerprint density at radius 1 is 1.50 bits per heavy atom. The second kappa shape index (κ2) is 3.30. The van der Waals surface area contributed by atoms with Gasteiger partial charge in [-0.1, -0.05) is 6.92 Å². The molecule has 4 atom stereocenters. The molecule has 6 nitrogen and oxygen atoms in total. The van der Waals surface area contributed by atoms with E-state index in [0.717, 1.165) is 0 Å². The SMILES string of the molecule is CC1C(=O)C(O)C(O)CC1(O)C(=O)O. The van der Waals surface area contributed by atoms with Gasteiger partial charge in [-0.3, -0.25) is 4.79 Å². The van der Waals surface area contributed by atoms with Crippen molar-refractivity contribution >= 4 is 11.8 Å². The molecule has 1 saturated carbocycles. The van der Waals surface area contributed by atoms with Crippen LogP contribution in [-0.2, 0) is 9.59 Å². The molecule has 0 aliphatic heterocycles. The predicted octanol–water partition coefficient (Wildman–Crippen LogP) is -1.87. The normalized spacial score (nSPS) is 43.7. The zero-order valence-corrected chi connectivity index (χ0v) is 7.54. The van der Waals surface area contributed by atoms with Crippen LogP contribution in [0.3, 0.4) is 0 Å². The molecule has 1 rings (SSSR count). The molecule has 0 radical (unpaired) electrons. The average Bonchev–Trinajstić information content (AvgIpc) is 2.11. The molecule has 1 fully saturated rings. The standard InChI is InChI=1S/C8H12O6/c1-3-5(10)6(11)4(9)2-8(3,14)7(12)13/h3-4,6,9,11,14H,2H2,1H3,(H,12,13). The van der Waals surface area contributed by atoms with Crippen molar-refractivity contribution in [3.63, 3.8) is 0 Å². The highest BCUT2D eigenvalue weighted by molar-refractivity contribution is 5.94. The van der Waals surface area contributed by atoms with Crippen LogP contribution < -0.4 is 0 Å². The van der Waals surface area contributed by atoms with Crippen LogP contribution >= 0.6 is 0 Å². The molecule has 14 heavy (non-hydrogen) atoms. The minimum Gasteiger partial charge on any atom is -0.479 e. The van der Waals surface area contributed by atoms with Crippen LogP contribution in [0, 0.1) is 5.92 Å². The maximum atomic E-state index is 11.2. The van der Waals surface area contributed by atoms with E-state index in [-0.39, 0.29) is 0 Å². The molecular formula is C8H12O6. The maximum absolute atomic E-state index is 11.2. The van der Waals surface area contributed by atoms with Crippen LogP contribution in [0.25, 0.3) is 0 Å². The monoisotopic (exact) mass is 204 g/mol. The summed E-state index contributed by atoms with van der Waals surface area (Å²) in [4.78, 5) is 21.9. The van der Waals surface area contributed by atoms with Gasteiger partial charge in [-0.25, -0.2) is 4.79 Å². The smallest absolute Gasteiger partial charge is 0.336 e. The van der Waals surface area contributed by atoms with Gasteiger partial charge < -0.3 is 20.4 Å². The zero-order valence-electron chi connectivity index (χ0n) is 7.54. The summed E-state index contributed by atoms with van der Waals surface area (Å²) in [5.41, 5.74) is -2.28. The topological polar surface area (TPSA) is 115 Å². The number of ketones is 1. The van der Waals surface area contributed by atoms with E-state index in [1.165, 1.54) is 6.92 Å². The number of aliphatic hydroxyl groups is 3. The number of aliphatic hydroxyl groups excluding tert-OH is 2. The summed E-state index contributed by atoms with van der Waals surface area (Å²) < 4.78 is 0. The summed E-state index contributed by atoms with van der Waals surface area (Å²) in [5, 5.41) is 36.6. The van der Waals surface area contributed by atoms with Gasteiger partial charge in [-0.2, -0.15) is 0 Å². The zero-order chi connectivity index (χ0) is 11.1. The van der Waals surface area contributed by atoms with Gasteiger partial charge in [-0.15, -0.1) is 0 Å². The van der Waals surface area contributed by atoms with E-state index in [9.17, 15) is 14.7 Å². The fourth-order valence-corrected chi connectivity index (χ4v) is 1.56. The van der Waals surface area contributed by atoms with E-state index in [2.05, 4.69) is 0 Å². The Morgan fingerprint density at radius 3 is 2.43 bits per heavy atom. The number of rotatable bonds is 1. The first kappa shape index (κ1) is 11.1. The van der Waals surface area contributed by atoms with Crippen molar-refractivity contribution in [2.45, 2.75) is 31.2 Å². The molecule has 0 aromatic rings. The maximum Gasteiger partial charge on any atom is 0.336 e. The molecule has 6 heteroatoms. The lowest BCUT2D eigenvalue weighted by Gasteiger charge is -2.37. The first-order valence-corrected chi connectivity index (χ1v) is 4.16. The van der Waals surface area contributed by atoms with E-state index in [4.69, 9.17) is 15.3 Å². The number of carbonyl (C=O) groups is 2. The molecule has 0 aromatic carbocycles. The molecule has 1 aliphatic rings. The van der Waals surface area contributed by atoms with Gasteiger partial charge in [-0.05, 0) is 0 Å². The van der Waals surface area contributed by atoms with Crippen LogP contribution in [0.15, 0.2) is 0 Å². The van der Waals surface area contributed by atoms with Crippen molar-refractivity contribution in [3.8, 4) is 0 Å². The van der Waals surface area contributed by atoms with Crippen LogP contribution in [0.4, 0.5) is 0 Å². The minimum atomic E-state index is -2.28. The molecule has 0 heterocycles. The highest BCUT2D eigenvalue weighted by Gasteiger charge is 2.54. The molecule has 4 unspecified atom stereocenters. The third-order valence-corrected chi connectivity index (χ3v) is 2.69. The number of Topliss-reactive ketones (excluding diaryl/α,β-unsaturated/α-hetero) is 1. The van der Waals surface area contributed by atoms with Crippen molar-refractivity contribution in [2.75, 3.05) is 0 Å². The summed E-state index contributed by atoms with van der Waals surface area (Å²) in [6, 6.07) is 0. The third kappa shape index (κ3) is 1.41. The lowest BCUT2D eigenvalue weighted by molar-refractivity contribution is -0.186. The summed E-state index contributed by atoms with van der Waals surface area (Å²) in [5.74, 6) is -3.64. The van der Waals surface area contributed by atoms with Gasteiger partial charge in [0.15, 0.2) is 11.4 Å². The van der Waals surface area contributed by atoms with Crippen molar-refractivity contribution in [2.24, 2.45) is 5.92 Å². The minimum absolute atomic E-state index is 0.545. The largest absolute Gasteiger partial charge is 0.479 e. The summed E-state index contributed by atoms with van der Waals surface area (Å²) in [6.07, 6.45) is -3.68. The number of aliphatic carboxylic acids is 1. The average molecular weight is 204 g/mol. The number of carboxylic acid groups (broad SMARTS) is 1. The Kier molecular flexibility index (Phi) is 2.62. The van der Waals surface area contributed by atoms with Crippen LogP contribution in [0.1, 0.15) is 13.3 Å². The highest BCUT2D eigenvalue weighted by atomic mass is 16.4. The van der Waals surface area contributed by atoms with Gasteiger partial charge in [0.25, 0.3) is 0 Å². The fraction of sp³-hybridized carbons (Fsp3) is 0.750. The summed E-state index contributed by atoms with van der Waals surface area (Å²) in [6.45, 7) is 1.21.